The van der Waals surface area contributed by atoms with Crippen LogP contribution in [0, 0.1) is 23.2 Å². The van der Waals surface area contributed by atoms with E-state index in [-0.39, 0.29) is 54.4 Å². The number of rotatable bonds is 13. The summed E-state index contributed by atoms with van der Waals surface area (Å²) >= 11 is 0. The van der Waals surface area contributed by atoms with Gasteiger partial charge in [-0.25, -0.2) is 4.79 Å². The largest absolute Gasteiger partial charge is 0.444 e. The predicted octanol–water partition coefficient (Wildman–Crippen LogP) is 3.38. The van der Waals surface area contributed by atoms with Crippen molar-refractivity contribution >= 4 is 35.5 Å². The minimum absolute atomic E-state index is 0.00321. The Hall–Kier alpha value is -3.44. The summed E-state index contributed by atoms with van der Waals surface area (Å²) in [7, 11) is 0. The fourth-order valence-electron chi connectivity index (χ4n) is 7.10. The monoisotopic (exact) mass is 659 g/mol. The number of amides is 5. The Balaban J connectivity index is 1.77. The number of nitrogens with zero attached hydrogens (tertiary/aromatic N) is 1. The van der Waals surface area contributed by atoms with Crippen molar-refractivity contribution in [2.24, 2.45) is 23.2 Å². The minimum Gasteiger partial charge on any atom is -0.444 e. The summed E-state index contributed by atoms with van der Waals surface area (Å²) in [6.07, 6.45) is 5.95. The number of nitrogens with one attached hydrogen (secondary N) is 4. The van der Waals surface area contributed by atoms with Crippen LogP contribution in [-0.2, 0) is 28.7 Å². The van der Waals surface area contributed by atoms with Crippen LogP contribution in [0.5, 0.6) is 0 Å². The molecule has 0 radical (unpaired) electrons. The van der Waals surface area contributed by atoms with E-state index in [0.29, 0.717) is 13.0 Å². The quantitative estimate of drug-likeness (QED) is 0.174. The first-order valence-electron chi connectivity index (χ1n) is 17.1. The highest BCUT2D eigenvalue weighted by atomic mass is 16.6. The molecule has 0 aromatic heterocycles. The Bertz CT molecular complexity index is 1210. The summed E-state index contributed by atoms with van der Waals surface area (Å²) in [6.45, 7) is 19.0. The van der Waals surface area contributed by atoms with Gasteiger partial charge in [0.25, 0.3) is 5.91 Å². The van der Waals surface area contributed by atoms with Gasteiger partial charge in [0.2, 0.25) is 23.5 Å². The van der Waals surface area contributed by atoms with E-state index in [4.69, 9.17) is 4.74 Å². The first-order chi connectivity index (χ1) is 21.8. The number of hydrogen-bond acceptors (Lipinski definition) is 7. The second-order valence-corrected chi connectivity index (χ2v) is 16.0. The van der Waals surface area contributed by atoms with Gasteiger partial charge in [0.05, 0.1) is 6.04 Å². The average Bonchev–Trinajstić information content (AvgIpc) is 3.26. The molecular weight excluding hydrogens is 602 g/mol. The molecule has 0 aromatic rings. The van der Waals surface area contributed by atoms with Crippen LogP contribution in [0.1, 0.15) is 107 Å². The fraction of sp³-hybridized carbons (Fsp3) is 0.771. The molecule has 12 nitrogen and oxygen atoms in total. The van der Waals surface area contributed by atoms with Gasteiger partial charge in [0, 0.05) is 25.0 Å². The molecule has 0 unspecified atom stereocenters. The van der Waals surface area contributed by atoms with E-state index in [1.54, 1.807) is 31.7 Å². The number of Topliss-reactive ketones (excluding diaryl/α,β-unsaturated/α-hetero) is 1. The van der Waals surface area contributed by atoms with E-state index >= 15 is 0 Å². The number of carbonyl (C=O) groups excluding carboxylic acids is 6. The number of allylic oxidation sites excluding steroid dienone is 1. The van der Waals surface area contributed by atoms with E-state index < -0.39 is 53.0 Å². The van der Waals surface area contributed by atoms with Crippen molar-refractivity contribution < 1.29 is 33.5 Å². The van der Waals surface area contributed by atoms with Crippen molar-refractivity contribution in [3.8, 4) is 0 Å². The highest BCUT2D eigenvalue weighted by Crippen LogP contribution is 2.65. The molecule has 12 heteroatoms. The van der Waals surface area contributed by atoms with Gasteiger partial charge in [-0.1, -0.05) is 39.2 Å². The number of fused-ring (bicyclic) bond motifs is 1. The second kappa shape index (κ2) is 15.2. The van der Waals surface area contributed by atoms with E-state index in [1.807, 2.05) is 20.8 Å². The van der Waals surface area contributed by atoms with Crippen molar-refractivity contribution in [1.29, 1.82) is 0 Å². The maximum atomic E-state index is 14.3. The molecule has 1 saturated heterocycles. The average molecular weight is 660 g/mol. The minimum atomic E-state index is -1.14. The number of alkyl carbamates (subject to hydrolysis) is 1. The summed E-state index contributed by atoms with van der Waals surface area (Å²) in [4.78, 5) is 81.1. The van der Waals surface area contributed by atoms with Gasteiger partial charge in [-0.2, -0.15) is 0 Å². The topological polar surface area (TPSA) is 163 Å². The third-order valence-corrected chi connectivity index (χ3v) is 9.49. The number of hydrogen-bond donors (Lipinski definition) is 4. The lowest BCUT2D eigenvalue weighted by molar-refractivity contribution is -0.145. The smallest absolute Gasteiger partial charge is 0.408 e. The molecule has 47 heavy (non-hydrogen) atoms. The van der Waals surface area contributed by atoms with Crippen LogP contribution in [0.15, 0.2) is 12.7 Å². The molecule has 2 aliphatic carbocycles. The Morgan fingerprint density at radius 3 is 2.19 bits per heavy atom. The number of carbonyl (C=O) groups is 6. The molecule has 1 heterocycles. The molecule has 264 valence electrons. The molecule has 0 spiro atoms. The zero-order valence-corrected chi connectivity index (χ0v) is 29.6. The zero-order valence-electron chi connectivity index (χ0n) is 29.6. The molecule has 2 saturated carbocycles. The summed E-state index contributed by atoms with van der Waals surface area (Å²) < 4.78 is 5.50. The standard InChI is InChI=1S/C35H57N5O7/c1-10-11-17-23(28(42)30(44)36-19-18-24(41)39-33(2,3)4)37-29(43)27-25-22(35(25,8)9)20-40(27)31(45)26(21-15-13-12-14-16-21)38-32(46)47-34(5,6)7/h10,21-23,25-27H,1,11-20H2,2-9H3,(H,36,44)(H,37,43)(H,38,46)(H,39,41)/t22-,23-,25-,26-,27-/m0/s1. The van der Waals surface area contributed by atoms with Gasteiger partial charge >= 0.3 is 6.09 Å². The number of likely N-dealkylation sites (tertiary alicyclic amines) is 1. The fourth-order valence-corrected chi connectivity index (χ4v) is 7.10. The Labute approximate surface area is 279 Å². The van der Waals surface area contributed by atoms with Crippen LogP contribution in [0.4, 0.5) is 4.79 Å². The van der Waals surface area contributed by atoms with Gasteiger partial charge in [-0.05, 0) is 90.4 Å². The summed E-state index contributed by atoms with van der Waals surface area (Å²) in [6, 6.07) is -2.85. The third kappa shape index (κ3) is 10.3. The Kier molecular flexibility index (Phi) is 12.3. The van der Waals surface area contributed by atoms with Gasteiger partial charge in [0.15, 0.2) is 0 Å². The summed E-state index contributed by atoms with van der Waals surface area (Å²) in [5.74, 6) is -2.96. The number of piperidine rings is 1. The maximum Gasteiger partial charge on any atom is 0.408 e. The Morgan fingerprint density at radius 1 is 0.979 bits per heavy atom. The summed E-state index contributed by atoms with van der Waals surface area (Å²) in [5, 5.41) is 10.9. The third-order valence-electron chi connectivity index (χ3n) is 9.49. The second-order valence-electron chi connectivity index (χ2n) is 16.0. The van der Waals surface area contributed by atoms with Crippen molar-refractivity contribution in [2.45, 2.75) is 136 Å². The molecule has 3 fully saturated rings. The van der Waals surface area contributed by atoms with Crippen molar-refractivity contribution in [2.75, 3.05) is 13.1 Å². The number of ether oxygens (including phenoxy) is 1. The van der Waals surface area contributed by atoms with E-state index in [9.17, 15) is 28.8 Å². The zero-order chi connectivity index (χ0) is 35.3. The molecule has 5 atom stereocenters. The molecule has 0 bridgehead atoms. The van der Waals surface area contributed by atoms with Gasteiger partial charge in [-0.15, -0.1) is 6.58 Å². The normalized spacial score (nSPS) is 23.4. The molecule has 5 amide bonds. The predicted molar refractivity (Wildman–Crippen MR) is 178 cm³/mol. The lowest BCUT2D eigenvalue weighted by Gasteiger charge is -2.37. The van der Waals surface area contributed by atoms with Crippen molar-refractivity contribution in [3.63, 3.8) is 0 Å². The van der Waals surface area contributed by atoms with E-state index in [1.165, 1.54) is 0 Å². The molecular formula is C35H57N5O7. The van der Waals surface area contributed by atoms with Crippen molar-refractivity contribution in [1.82, 2.24) is 26.2 Å². The van der Waals surface area contributed by atoms with Crippen molar-refractivity contribution in [3.05, 3.63) is 12.7 Å². The van der Waals surface area contributed by atoms with Crippen LogP contribution in [0.25, 0.3) is 0 Å². The highest BCUT2D eigenvalue weighted by molar-refractivity contribution is 6.38. The first-order valence-corrected chi connectivity index (χ1v) is 17.1. The van der Waals surface area contributed by atoms with E-state index in [0.717, 1.165) is 32.1 Å². The van der Waals surface area contributed by atoms with Gasteiger partial charge < -0.3 is 30.9 Å². The highest BCUT2D eigenvalue weighted by Gasteiger charge is 2.69. The lowest BCUT2D eigenvalue weighted by Crippen LogP contribution is -2.60. The molecule has 1 aliphatic heterocycles. The van der Waals surface area contributed by atoms with Crippen LogP contribution in [0.3, 0.4) is 0 Å². The van der Waals surface area contributed by atoms with Crippen LogP contribution in [-0.4, -0.2) is 82.8 Å². The summed E-state index contributed by atoms with van der Waals surface area (Å²) in [5.41, 5.74) is -1.36. The van der Waals surface area contributed by atoms with Gasteiger partial charge in [-0.3, -0.25) is 24.0 Å². The maximum absolute atomic E-state index is 14.3. The van der Waals surface area contributed by atoms with Crippen LogP contribution < -0.4 is 21.3 Å². The lowest BCUT2D eigenvalue weighted by atomic mass is 9.83. The Morgan fingerprint density at radius 2 is 1.62 bits per heavy atom. The SMILES string of the molecule is C=CCC[C@H](NC(=O)[C@@H]1[C@@H]2[C@H](CN1C(=O)[C@@H](NC(=O)OC(C)(C)C)C1CCCCC1)C2(C)C)C(=O)C(=O)NCCC(=O)NC(C)(C)C. The molecule has 3 aliphatic rings. The number of ketones is 1. The molecule has 4 N–H and O–H groups in total. The molecule has 3 rings (SSSR count). The molecule has 0 aromatic carbocycles. The van der Waals surface area contributed by atoms with E-state index in [2.05, 4.69) is 41.7 Å². The van der Waals surface area contributed by atoms with Crippen LogP contribution >= 0.6 is 0 Å². The van der Waals surface area contributed by atoms with Crippen LogP contribution in [0.2, 0.25) is 0 Å². The van der Waals surface area contributed by atoms with Gasteiger partial charge in [0.1, 0.15) is 17.7 Å². The first kappa shape index (κ1) is 38.0.